The Morgan fingerprint density at radius 1 is 0.324 bits per heavy atom. The molecule has 1 atom stereocenters. The van der Waals surface area contributed by atoms with Gasteiger partial charge in [0, 0.05) is 12.8 Å². The van der Waals surface area contributed by atoms with Crippen LogP contribution in [0, 0.1) is 0 Å². The van der Waals surface area contributed by atoms with Crippen LogP contribution in [0.5, 0.6) is 0 Å². The molecular weight excluding hydrogens is 873 g/mol. The molecule has 0 bridgehead atoms. The Balaban J connectivity index is 3.33. The van der Waals surface area contributed by atoms with Crippen molar-refractivity contribution in [3.63, 3.8) is 0 Å². The first-order valence-corrected chi connectivity index (χ1v) is 32.4. The van der Waals surface area contributed by atoms with Crippen molar-refractivity contribution in [3.05, 3.63) is 24.3 Å². The van der Waals surface area contributed by atoms with Crippen LogP contribution in [0.2, 0.25) is 0 Å². The fourth-order valence-electron chi connectivity index (χ4n) is 10.1. The Labute approximate surface area is 444 Å². The molecule has 5 nitrogen and oxygen atoms in total. The zero-order valence-electron chi connectivity index (χ0n) is 48.3. The van der Waals surface area contributed by atoms with E-state index in [1.54, 1.807) is 0 Å². The van der Waals surface area contributed by atoms with Gasteiger partial charge in [0.15, 0.2) is 6.10 Å². The molecule has 0 fully saturated rings. The summed E-state index contributed by atoms with van der Waals surface area (Å²) in [6, 6.07) is 0. The molecule has 0 saturated carbocycles. The van der Waals surface area contributed by atoms with Crippen molar-refractivity contribution >= 4 is 11.9 Å². The molecule has 0 radical (unpaired) electrons. The van der Waals surface area contributed by atoms with Gasteiger partial charge in [-0.15, -0.1) is 0 Å². The van der Waals surface area contributed by atoms with Crippen LogP contribution in [0.15, 0.2) is 24.3 Å². The summed E-state index contributed by atoms with van der Waals surface area (Å²) in [6.07, 6.45) is 80.8. The Morgan fingerprint density at radius 3 is 0.845 bits per heavy atom. The molecular formula is C66H126O5. The highest BCUT2D eigenvalue weighted by atomic mass is 16.6. The predicted octanol–water partition coefficient (Wildman–Crippen LogP) is 22.0. The van der Waals surface area contributed by atoms with Crippen molar-refractivity contribution in [1.29, 1.82) is 0 Å². The Bertz CT molecular complexity index is 1080. The van der Waals surface area contributed by atoms with E-state index in [0.29, 0.717) is 12.8 Å². The molecule has 0 aromatic heterocycles. The summed E-state index contributed by atoms with van der Waals surface area (Å²) in [5, 5.41) is 9.64. The minimum Gasteiger partial charge on any atom is -0.462 e. The van der Waals surface area contributed by atoms with E-state index >= 15 is 0 Å². The van der Waals surface area contributed by atoms with E-state index in [-0.39, 0.29) is 25.2 Å². The summed E-state index contributed by atoms with van der Waals surface area (Å²) in [4.78, 5) is 24.5. The van der Waals surface area contributed by atoms with Gasteiger partial charge in [-0.1, -0.05) is 334 Å². The normalized spacial score (nSPS) is 12.2. The highest BCUT2D eigenvalue weighted by molar-refractivity contribution is 5.70. The quantitative estimate of drug-likeness (QED) is 0.0373. The van der Waals surface area contributed by atoms with Crippen molar-refractivity contribution in [2.75, 3.05) is 13.2 Å². The van der Waals surface area contributed by atoms with E-state index in [4.69, 9.17) is 9.47 Å². The van der Waals surface area contributed by atoms with E-state index in [1.165, 1.54) is 289 Å². The summed E-state index contributed by atoms with van der Waals surface area (Å²) in [7, 11) is 0. The second-order valence-corrected chi connectivity index (χ2v) is 22.2. The van der Waals surface area contributed by atoms with Crippen molar-refractivity contribution < 1.29 is 24.2 Å². The molecule has 0 aromatic rings. The number of rotatable bonds is 61. The number of ether oxygens (including phenoxy) is 2. The number of aliphatic hydroxyl groups excluding tert-OH is 1. The number of unbranched alkanes of at least 4 members (excludes halogenated alkanes) is 49. The number of esters is 2. The lowest BCUT2D eigenvalue weighted by Gasteiger charge is -2.15. The van der Waals surface area contributed by atoms with Crippen LogP contribution in [0.1, 0.15) is 367 Å². The first-order chi connectivity index (χ1) is 35.1. The topological polar surface area (TPSA) is 72.8 Å². The summed E-state index contributed by atoms with van der Waals surface area (Å²) >= 11 is 0. The van der Waals surface area contributed by atoms with Gasteiger partial charge in [0.05, 0.1) is 6.61 Å². The number of carbonyl (C=O) groups is 2. The van der Waals surface area contributed by atoms with Gasteiger partial charge in [0.25, 0.3) is 0 Å². The summed E-state index contributed by atoms with van der Waals surface area (Å²) in [5.41, 5.74) is 0. The molecule has 0 spiro atoms. The molecule has 0 aromatic carbocycles. The van der Waals surface area contributed by atoms with Crippen LogP contribution in [0.4, 0.5) is 0 Å². The maximum atomic E-state index is 12.3. The molecule has 0 aliphatic carbocycles. The van der Waals surface area contributed by atoms with Crippen LogP contribution in [-0.4, -0.2) is 36.4 Å². The number of carbonyl (C=O) groups excluding carboxylic acids is 2. The predicted molar refractivity (Wildman–Crippen MR) is 311 cm³/mol. The lowest BCUT2D eigenvalue weighted by molar-refractivity contribution is -0.161. The maximum Gasteiger partial charge on any atom is 0.306 e. The maximum absolute atomic E-state index is 12.3. The molecule has 1 N–H and O–H groups in total. The SMILES string of the molecule is CCCCCC/C=C\C/C=C\CCCCCCCC(=O)OC(CO)COC(=O)CCCCCCCCCCCCCCCCCCCCCCCCCCCCCCCCCCCCCCCCCCC. The van der Waals surface area contributed by atoms with Crippen molar-refractivity contribution in [1.82, 2.24) is 0 Å². The summed E-state index contributed by atoms with van der Waals surface area (Å²) < 4.78 is 10.7. The first kappa shape index (κ1) is 69.4. The molecule has 0 aliphatic rings. The molecule has 5 heteroatoms. The molecule has 0 rings (SSSR count). The third-order valence-electron chi connectivity index (χ3n) is 15.0. The van der Waals surface area contributed by atoms with Crippen LogP contribution in [-0.2, 0) is 19.1 Å². The highest BCUT2D eigenvalue weighted by Crippen LogP contribution is 2.19. The van der Waals surface area contributed by atoms with Gasteiger partial charge in [-0.2, -0.15) is 0 Å². The molecule has 0 heterocycles. The van der Waals surface area contributed by atoms with Gasteiger partial charge < -0.3 is 14.6 Å². The zero-order chi connectivity index (χ0) is 51.3. The molecule has 420 valence electrons. The van der Waals surface area contributed by atoms with Crippen molar-refractivity contribution in [2.45, 2.75) is 373 Å². The van der Waals surface area contributed by atoms with Gasteiger partial charge in [-0.3, -0.25) is 9.59 Å². The number of hydrogen-bond acceptors (Lipinski definition) is 5. The Hall–Kier alpha value is -1.62. The van der Waals surface area contributed by atoms with E-state index in [1.807, 2.05) is 0 Å². The molecule has 1 unspecified atom stereocenters. The second-order valence-electron chi connectivity index (χ2n) is 22.2. The van der Waals surface area contributed by atoms with Crippen molar-refractivity contribution in [3.8, 4) is 0 Å². The van der Waals surface area contributed by atoms with E-state index in [0.717, 1.165) is 51.4 Å². The zero-order valence-corrected chi connectivity index (χ0v) is 48.3. The second kappa shape index (κ2) is 62.7. The average Bonchev–Trinajstić information content (AvgIpc) is 3.37. The summed E-state index contributed by atoms with van der Waals surface area (Å²) in [6.45, 7) is 4.16. The third kappa shape index (κ3) is 60.8. The van der Waals surface area contributed by atoms with E-state index < -0.39 is 6.10 Å². The fourth-order valence-corrected chi connectivity index (χ4v) is 10.1. The highest BCUT2D eigenvalue weighted by Gasteiger charge is 2.16. The third-order valence-corrected chi connectivity index (χ3v) is 15.0. The van der Waals surface area contributed by atoms with E-state index in [2.05, 4.69) is 38.2 Å². The minimum atomic E-state index is -0.776. The van der Waals surface area contributed by atoms with Gasteiger partial charge in [-0.05, 0) is 44.9 Å². The average molecular weight is 1000 g/mol. The van der Waals surface area contributed by atoms with Gasteiger partial charge in [0.2, 0.25) is 0 Å². The van der Waals surface area contributed by atoms with Crippen LogP contribution in [0.3, 0.4) is 0 Å². The first-order valence-electron chi connectivity index (χ1n) is 32.4. The lowest BCUT2D eigenvalue weighted by Crippen LogP contribution is -2.28. The minimum absolute atomic E-state index is 0.0664. The van der Waals surface area contributed by atoms with Gasteiger partial charge in [0.1, 0.15) is 6.61 Å². The molecule has 0 aliphatic heterocycles. The Morgan fingerprint density at radius 2 is 0.563 bits per heavy atom. The number of hydrogen-bond donors (Lipinski definition) is 1. The van der Waals surface area contributed by atoms with E-state index in [9.17, 15) is 14.7 Å². The summed E-state index contributed by atoms with van der Waals surface area (Å²) in [5.74, 6) is -0.589. The standard InChI is InChI=1S/C66H126O5/c1-3-5-7-9-11-13-15-17-19-21-22-23-24-25-26-27-28-29-30-31-32-33-34-35-36-37-38-39-40-41-42-43-44-45-47-48-50-52-54-56-58-60-65(68)70-63-64(62-67)71-66(69)61-59-57-55-53-51-49-46-20-18-16-14-12-10-8-6-4-2/h14,16,20,46,64,67H,3-13,15,17-19,21-45,47-63H2,1-2H3/b16-14-,46-20-. The van der Waals surface area contributed by atoms with Gasteiger partial charge >= 0.3 is 11.9 Å². The monoisotopic (exact) mass is 999 g/mol. The van der Waals surface area contributed by atoms with Crippen molar-refractivity contribution in [2.24, 2.45) is 0 Å². The number of aliphatic hydroxyl groups is 1. The van der Waals surface area contributed by atoms with Crippen LogP contribution < -0.4 is 0 Å². The Kier molecular flexibility index (Phi) is 61.2. The molecule has 0 saturated heterocycles. The van der Waals surface area contributed by atoms with Gasteiger partial charge in [-0.25, -0.2) is 0 Å². The van der Waals surface area contributed by atoms with Crippen LogP contribution in [0.25, 0.3) is 0 Å². The largest absolute Gasteiger partial charge is 0.462 e. The number of allylic oxidation sites excluding steroid dienone is 4. The molecule has 71 heavy (non-hydrogen) atoms. The smallest absolute Gasteiger partial charge is 0.306 e. The fraction of sp³-hybridized carbons (Fsp3) is 0.909. The molecule has 0 amide bonds. The lowest BCUT2D eigenvalue weighted by atomic mass is 10.0. The van der Waals surface area contributed by atoms with Crippen LogP contribution >= 0.6 is 0 Å².